The zero-order valence-corrected chi connectivity index (χ0v) is 20.2. The molecule has 1 saturated heterocycles. The molecule has 0 aliphatic carbocycles. The fraction of sp³-hybridized carbons (Fsp3) is 0.304. The quantitative estimate of drug-likeness (QED) is 0.467. The van der Waals surface area contributed by atoms with Crippen molar-refractivity contribution in [2.24, 2.45) is 0 Å². The fourth-order valence-corrected chi connectivity index (χ4v) is 5.47. The van der Waals surface area contributed by atoms with Gasteiger partial charge < -0.3 is 30.2 Å². The Morgan fingerprint density at radius 3 is 2.91 bits per heavy atom. The van der Waals surface area contributed by atoms with Gasteiger partial charge in [-0.15, -0.1) is 0 Å². The SMILES string of the molecule is CP(C)(=O)c1ccccc1Nc1nc(Nc2ccc3c(c2)OC[C@@H]2CNCCN32)ncc1Cl. The van der Waals surface area contributed by atoms with E-state index in [-0.39, 0.29) is 0 Å². The molecule has 3 aromatic rings. The van der Waals surface area contributed by atoms with Crippen LogP contribution in [0.2, 0.25) is 5.02 Å². The molecule has 0 spiro atoms. The number of piperazine rings is 1. The molecule has 33 heavy (non-hydrogen) atoms. The van der Waals surface area contributed by atoms with Crippen molar-refractivity contribution in [1.82, 2.24) is 15.3 Å². The van der Waals surface area contributed by atoms with Gasteiger partial charge in [0.25, 0.3) is 0 Å². The molecular formula is C23H26ClN6O2P. The summed E-state index contributed by atoms with van der Waals surface area (Å²) in [7, 11) is -2.48. The maximum absolute atomic E-state index is 12.7. The molecule has 0 unspecified atom stereocenters. The maximum Gasteiger partial charge on any atom is 0.229 e. The Balaban J connectivity index is 1.38. The van der Waals surface area contributed by atoms with Crippen LogP contribution < -0.4 is 30.9 Å². The van der Waals surface area contributed by atoms with E-state index in [9.17, 15) is 4.57 Å². The Kier molecular flexibility index (Phi) is 5.91. The van der Waals surface area contributed by atoms with Crippen LogP contribution in [0.3, 0.4) is 0 Å². The standard InChI is InChI=1S/C23H26ClN6O2P/c1-33(2,31)21-6-4-3-5-18(21)28-22-17(24)13-26-23(29-22)27-15-7-8-19-20(11-15)32-14-16-12-25-9-10-30(16)19/h3-8,11,13,16,25H,9-10,12,14H2,1-2H3,(H2,26,27,28,29)/t16-/m0/s1. The predicted octanol–water partition coefficient (Wildman–Crippen LogP) is 4.04. The number of benzene rings is 2. The third-order valence-corrected chi connectivity index (χ3v) is 7.62. The van der Waals surface area contributed by atoms with E-state index in [1.54, 1.807) is 19.5 Å². The molecule has 2 aromatic carbocycles. The highest BCUT2D eigenvalue weighted by molar-refractivity contribution is 7.70. The van der Waals surface area contributed by atoms with Crippen LogP contribution in [0.15, 0.2) is 48.7 Å². The first-order chi connectivity index (χ1) is 15.9. The lowest BCUT2D eigenvalue weighted by atomic mass is 10.1. The van der Waals surface area contributed by atoms with Gasteiger partial charge in [0, 0.05) is 36.7 Å². The maximum atomic E-state index is 12.7. The zero-order chi connectivity index (χ0) is 23.0. The van der Waals surface area contributed by atoms with Gasteiger partial charge in [0.2, 0.25) is 5.95 Å². The Morgan fingerprint density at radius 2 is 2.06 bits per heavy atom. The molecule has 0 saturated carbocycles. The summed E-state index contributed by atoms with van der Waals surface area (Å²) < 4.78 is 18.7. The van der Waals surface area contributed by atoms with Crippen LogP contribution in [0.4, 0.5) is 28.8 Å². The van der Waals surface area contributed by atoms with Crippen LogP contribution in [-0.4, -0.2) is 55.6 Å². The van der Waals surface area contributed by atoms with Crippen molar-refractivity contribution in [1.29, 1.82) is 0 Å². The van der Waals surface area contributed by atoms with Crippen molar-refractivity contribution in [2.75, 3.05) is 55.1 Å². The van der Waals surface area contributed by atoms with Crippen molar-refractivity contribution in [3.8, 4) is 5.75 Å². The van der Waals surface area contributed by atoms with Gasteiger partial charge >= 0.3 is 0 Å². The fourth-order valence-electron chi connectivity index (χ4n) is 4.18. The number of rotatable bonds is 5. The Hall–Kier alpha value is -2.80. The number of hydrogen-bond donors (Lipinski definition) is 3. The van der Waals surface area contributed by atoms with E-state index in [2.05, 4.69) is 36.9 Å². The van der Waals surface area contributed by atoms with Crippen LogP contribution >= 0.6 is 18.7 Å². The zero-order valence-electron chi connectivity index (χ0n) is 18.5. The molecule has 1 aromatic heterocycles. The van der Waals surface area contributed by atoms with Crippen LogP contribution in [-0.2, 0) is 4.57 Å². The number of para-hydroxylation sites is 1. The van der Waals surface area contributed by atoms with E-state index >= 15 is 0 Å². The monoisotopic (exact) mass is 484 g/mol. The molecule has 10 heteroatoms. The number of anilines is 5. The predicted molar refractivity (Wildman–Crippen MR) is 135 cm³/mol. The van der Waals surface area contributed by atoms with Crippen LogP contribution in [0, 0.1) is 0 Å². The third kappa shape index (κ3) is 4.64. The summed E-state index contributed by atoms with van der Waals surface area (Å²) in [6, 6.07) is 13.9. The minimum Gasteiger partial charge on any atom is -0.489 e. The van der Waals surface area contributed by atoms with E-state index in [1.165, 1.54) is 0 Å². The smallest absolute Gasteiger partial charge is 0.229 e. The summed E-state index contributed by atoms with van der Waals surface area (Å²) in [4.78, 5) is 11.3. The lowest BCUT2D eigenvalue weighted by molar-refractivity contribution is 0.247. The van der Waals surface area contributed by atoms with Gasteiger partial charge in [-0.05, 0) is 37.6 Å². The number of fused-ring (bicyclic) bond motifs is 3. The van der Waals surface area contributed by atoms with Crippen molar-refractivity contribution >= 4 is 52.9 Å². The van der Waals surface area contributed by atoms with Gasteiger partial charge in [0.15, 0.2) is 5.82 Å². The third-order valence-electron chi connectivity index (χ3n) is 5.79. The van der Waals surface area contributed by atoms with Crippen LogP contribution in [0.5, 0.6) is 5.75 Å². The molecule has 172 valence electrons. The minimum atomic E-state index is -2.48. The first-order valence-electron chi connectivity index (χ1n) is 10.8. The Bertz CT molecular complexity index is 1230. The molecule has 5 rings (SSSR count). The molecule has 0 radical (unpaired) electrons. The molecule has 3 heterocycles. The summed E-state index contributed by atoms with van der Waals surface area (Å²) in [6.45, 7) is 7.01. The van der Waals surface area contributed by atoms with Gasteiger partial charge in [0.1, 0.15) is 24.5 Å². The van der Waals surface area contributed by atoms with Crippen molar-refractivity contribution < 1.29 is 9.30 Å². The van der Waals surface area contributed by atoms with E-state index < -0.39 is 7.14 Å². The van der Waals surface area contributed by atoms with Gasteiger partial charge in [-0.1, -0.05) is 23.7 Å². The largest absolute Gasteiger partial charge is 0.489 e. The number of ether oxygens (including phenoxy) is 1. The summed E-state index contributed by atoms with van der Waals surface area (Å²) >= 11 is 6.36. The second-order valence-corrected chi connectivity index (χ2v) is 12.1. The summed E-state index contributed by atoms with van der Waals surface area (Å²) in [5.74, 6) is 1.68. The number of hydrogen-bond acceptors (Lipinski definition) is 8. The first-order valence-corrected chi connectivity index (χ1v) is 13.8. The average molecular weight is 485 g/mol. The van der Waals surface area contributed by atoms with Crippen LogP contribution in [0.25, 0.3) is 0 Å². The van der Waals surface area contributed by atoms with Gasteiger partial charge in [0.05, 0.1) is 23.6 Å². The molecule has 2 aliphatic heterocycles. The molecule has 8 nitrogen and oxygen atoms in total. The average Bonchev–Trinajstić information content (AvgIpc) is 2.81. The molecule has 3 N–H and O–H groups in total. The second-order valence-electron chi connectivity index (χ2n) is 8.55. The van der Waals surface area contributed by atoms with Crippen molar-refractivity contribution in [3.63, 3.8) is 0 Å². The normalized spacial score (nSPS) is 17.5. The summed E-state index contributed by atoms with van der Waals surface area (Å²) in [6.07, 6.45) is 1.54. The van der Waals surface area contributed by atoms with Crippen molar-refractivity contribution in [2.45, 2.75) is 6.04 Å². The highest BCUT2D eigenvalue weighted by Crippen LogP contribution is 2.39. The topological polar surface area (TPSA) is 91.4 Å². The molecule has 0 bridgehead atoms. The second kappa shape index (κ2) is 8.86. The lowest BCUT2D eigenvalue weighted by Crippen LogP contribution is -2.55. The minimum absolute atomic E-state index is 0.364. The van der Waals surface area contributed by atoms with E-state index in [0.29, 0.717) is 35.1 Å². The highest BCUT2D eigenvalue weighted by atomic mass is 35.5. The number of nitrogens with one attached hydrogen (secondary N) is 3. The number of halogens is 1. The highest BCUT2D eigenvalue weighted by Gasteiger charge is 2.29. The molecular weight excluding hydrogens is 459 g/mol. The lowest BCUT2D eigenvalue weighted by Gasteiger charge is -2.42. The van der Waals surface area contributed by atoms with Crippen molar-refractivity contribution in [3.05, 3.63) is 53.7 Å². The summed E-state index contributed by atoms with van der Waals surface area (Å²) in [5.41, 5.74) is 2.64. The van der Waals surface area contributed by atoms with Crippen LogP contribution in [0.1, 0.15) is 0 Å². The number of aromatic nitrogens is 2. The van der Waals surface area contributed by atoms with E-state index in [0.717, 1.165) is 42.1 Å². The van der Waals surface area contributed by atoms with Gasteiger partial charge in [-0.2, -0.15) is 4.98 Å². The summed E-state index contributed by atoms with van der Waals surface area (Å²) in [5, 5.41) is 11.0. The Morgan fingerprint density at radius 1 is 1.21 bits per heavy atom. The molecule has 2 aliphatic rings. The number of nitrogens with zero attached hydrogens (tertiary/aromatic N) is 3. The van der Waals surface area contributed by atoms with Gasteiger partial charge in [-0.3, -0.25) is 0 Å². The van der Waals surface area contributed by atoms with E-state index in [4.69, 9.17) is 16.3 Å². The Labute approximate surface area is 198 Å². The van der Waals surface area contributed by atoms with E-state index in [1.807, 2.05) is 36.4 Å². The molecule has 1 atom stereocenters. The molecule has 1 fully saturated rings. The first kappa shape index (κ1) is 22.0. The molecule has 0 amide bonds. The van der Waals surface area contributed by atoms with Gasteiger partial charge in [-0.25, -0.2) is 4.98 Å².